The fourth-order valence-electron chi connectivity index (χ4n) is 6.50. The highest BCUT2D eigenvalue weighted by molar-refractivity contribution is 5.90. The standard InChI is InChI=1S/C30H39NO4/c1-33-25-16-17-26(34-2)29-28(25)23-13-6-7-14-24(23)35-30(29)21-11-8-12-22(19-21)31-27(32)18-15-20-9-4-3-5-10-20/h8,11-12,16-17,19-20,23-24,30H,3-7,9-10,13-15,18H2,1-2H3,(H,31,32)/t23-,24-,30-/m1/s1. The van der Waals surface area contributed by atoms with Crippen LogP contribution in [0.2, 0.25) is 0 Å². The molecule has 2 saturated carbocycles. The van der Waals surface area contributed by atoms with Crippen LogP contribution < -0.4 is 14.8 Å². The minimum Gasteiger partial charge on any atom is -0.496 e. The predicted octanol–water partition coefficient (Wildman–Crippen LogP) is 7.15. The van der Waals surface area contributed by atoms with Crippen molar-refractivity contribution in [3.63, 3.8) is 0 Å². The highest BCUT2D eigenvalue weighted by Gasteiger charge is 2.41. The first kappa shape index (κ1) is 24.2. The Morgan fingerprint density at radius 1 is 0.914 bits per heavy atom. The third-order valence-electron chi connectivity index (χ3n) is 8.27. The fourth-order valence-corrected chi connectivity index (χ4v) is 6.50. The summed E-state index contributed by atoms with van der Waals surface area (Å²) in [6.07, 6.45) is 12.6. The van der Waals surface area contributed by atoms with Gasteiger partial charge in [-0.2, -0.15) is 0 Å². The minimum absolute atomic E-state index is 0.101. The van der Waals surface area contributed by atoms with Crippen LogP contribution in [0.3, 0.4) is 0 Å². The van der Waals surface area contributed by atoms with Crippen molar-refractivity contribution in [3.8, 4) is 11.5 Å². The van der Waals surface area contributed by atoms with Crippen LogP contribution in [0.15, 0.2) is 36.4 Å². The van der Waals surface area contributed by atoms with Gasteiger partial charge in [0.25, 0.3) is 0 Å². The number of methoxy groups -OCH3 is 2. The lowest BCUT2D eigenvalue weighted by molar-refractivity contribution is -0.116. The molecule has 5 nitrogen and oxygen atoms in total. The topological polar surface area (TPSA) is 56.8 Å². The number of amides is 1. The maximum atomic E-state index is 12.7. The summed E-state index contributed by atoms with van der Waals surface area (Å²) in [5, 5.41) is 3.14. The Balaban J connectivity index is 1.40. The number of benzene rings is 2. The van der Waals surface area contributed by atoms with Gasteiger partial charge in [-0.05, 0) is 55.0 Å². The number of hydrogen-bond donors (Lipinski definition) is 1. The molecule has 5 rings (SSSR count). The monoisotopic (exact) mass is 477 g/mol. The van der Waals surface area contributed by atoms with E-state index in [4.69, 9.17) is 14.2 Å². The van der Waals surface area contributed by atoms with Gasteiger partial charge >= 0.3 is 0 Å². The molecule has 0 spiro atoms. The molecule has 0 unspecified atom stereocenters. The molecule has 0 aromatic heterocycles. The van der Waals surface area contributed by atoms with E-state index in [1.54, 1.807) is 14.2 Å². The van der Waals surface area contributed by atoms with E-state index in [0.717, 1.165) is 47.6 Å². The average molecular weight is 478 g/mol. The Morgan fingerprint density at radius 3 is 2.40 bits per heavy atom. The van der Waals surface area contributed by atoms with E-state index in [1.165, 1.54) is 50.5 Å². The van der Waals surface area contributed by atoms with E-state index in [2.05, 4.69) is 17.4 Å². The molecule has 2 aromatic carbocycles. The molecule has 2 aliphatic carbocycles. The summed E-state index contributed by atoms with van der Waals surface area (Å²) in [7, 11) is 3.46. The normalized spacial score (nSPS) is 24.2. The van der Waals surface area contributed by atoms with E-state index < -0.39 is 0 Å². The van der Waals surface area contributed by atoms with Crippen LogP contribution in [0.25, 0.3) is 0 Å². The van der Waals surface area contributed by atoms with Crippen LogP contribution in [-0.4, -0.2) is 26.2 Å². The van der Waals surface area contributed by atoms with E-state index in [0.29, 0.717) is 18.3 Å². The Labute approximate surface area is 209 Å². The van der Waals surface area contributed by atoms with Gasteiger partial charge in [0.2, 0.25) is 5.91 Å². The first-order valence-corrected chi connectivity index (χ1v) is 13.5. The Hall–Kier alpha value is -2.53. The zero-order valence-corrected chi connectivity index (χ0v) is 21.2. The molecular formula is C30H39NO4. The number of hydrogen-bond acceptors (Lipinski definition) is 4. The van der Waals surface area contributed by atoms with Crippen LogP contribution in [0.5, 0.6) is 11.5 Å². The molecule has 5 heteroatoms. The summed E-state index contributed by atoms with van der Waals surface area (Å²) in [4.78, 5) is 12.7. The van der Waals surface area contributed by atoms with Crippen molar-refractivity contribution in [3.05, 3.63) is 53.1 Å². The molecule has 188 valence electrons. The molecule has 0 radical (unpaired) electrons. The van der Waals surface area contributed by atoms with Crippen molar-refractivity contribution < 1.29 is 19.0 Å². The number of fused-ring (bicyclic) bond motifs is 3. The highest BCUT2D eigenvalue weighted by Crippen LogP contribution is 2.53. The minimum atomic E-state index is -0.256. The molecule has 3 aliphatic rings. The number of carbonyl (C=O) groups is 1. The molecule has 2 fully saturated rings. The summed E-state index contributed by atoms with van der Waals surface area (Å²) in [5.74, 6) is 2.88. The molecule has 1 heterocycles. The third kappa shape index (κ3) is 5.20. The molecule has 3 atom stereocenters. The number of carbonyl (C=O) groups excluding carboxylic acids is 1. The largest absolute Gasteiger partial charge is 0.496 e. The first-order chi connectivity index (χ1) is 17.2. The second kappa shape index (κ2) is 11.0. The molecule has 1 N–H and O–H groups in total. The van der Waals surface area contributed by atoms with Crippen LogP contribution in [-0.2, 0) is 9.53 Å². The Bertz CT molecular complexity index is 1030. The van der Waals surface area contributed by atoms with Gasteiger partial charge in [0.1, 0.15) is 17.6 Å². The van der Waals surface area contributed by atoms with Crippen molar-refractivity contribution in [1.82, 2.24) is 0 Å². The molecule has 1 amide bonds. The van der Waals surface area contributed by atoms with Gasteiger partial charge in [-0.25, -0.2) is 0 Å². The smallest absolute Gasteiger partial charge is 0.224 e. The molecule has 1 aliphatic heterocycles. The predicted molar refractivity (Wildman–Crippen MR) is 138 cm³/mol. The molecule has 35 heavy (non-hydrogen) atoms. The third-order valence-corrected chi connectivity index (χ3v) is 8.27. The van der Waals surface area contributed by atoms with Gasteiger partial charge in [-0.3, -0.25) is 4.79 Å². The summed E-state index contributed by atoms with van der Waals surface area (Å²) >= 11 is 0. The summed E-state index contributed by atoms with van der Waals surface area (Å²) in [6, 6.07) is 12.1. The van der Waals surface area contributed by atoms with Gasteiger partial charge < -0.3 is 19.5 Å². The number of nitrogens with one attached hydrogen (secondary N) is 1. The lowest BCUT2D eigenvalue weighted by Crippen LogP contribution is -2.34. The van der Waals surface area contributed by atoms with E-state index in [1.807, 2.05) is 24.3 Å². The maximum absolute atomic E-state index is 12.7. The fraction of sp³-hybridized carbons (Fsp3) is 0.567. The average Bonchev–Trinajstić information content (AvgIpc) is 2.91. The molecule has 2 aromatic rings. The summed E-state index contributed by atoms with van der Waals surface area (Å²) in [5.41, 5.74) is 4.16. The number of rotatable bonds is 7. The quantitative estimate of drug-likeness (QED) is 0.460. The van der Waals surface area contributed by atoms with Crippen LogP contribution >= 0.6 is 0 Å². The van der Waals surface area contributed by atoms with E-state index >= 15 is 0 Å². The highest BCUT2D eigenvalue weighted by atomic mass is 16.5. The van der Waals surface area contributed by atoms with E-state index in [9.17, 15) is 4.79 Å². The number of anilines is 1. The zero-order valence-electron chi connectivity index (χ0n) is 21.2. The van der Waals surface area contributed by atoms with Crippen LogP contribution in [0.4, 0.5) is 5.69 Å². The Morgan fingerprint density at radius 2 is 1.63 bits per heavy atom. The van der Waals surface area contributed by atoms with Crippen molar-refractivity contribution >= 4 is 11.6 Å². The van der Waals surface area contributed by atoms with Gasteiger partial charge in [0, 0.05) is 29.2 Å². The first-order valence-electron chi connectivity index (χ1n) is 13.5. The van der Waals surface area contributed by atoms with E-state index in [-0.39, 0.29) is 18.1 Å². The van der Waals surface area contributed by atoms with Gasteiger partial charge in [0.05, 0.1) is 20.3 Å². The van der Waals surface area contributed by atoms with Crippen molar-refractivity contribution in [2.75, 3.05) is 19.5 Å². The molecule has 0 bridgehead atoms. The van der Waals surface area contributed by atoms with Crippen LogP contribution in [0, 0.1) is 5.92 Å². The van der Waals surface area contributed by atoms with Crippen LogP contribution in [0.1, 0.15) is 99.3 Å². The number of ether oxygens (including phenoxy) is 3. The van der Waals surface area contributed by atoms with Crippen molar-refractivity contribution in [2.24, 2.45) is 5.92 Å². The van der Waals surface area contributed by atoms with Crippen molar-refractivity contribution in [1.29, 1.82) is 0 Å². The van der Waals surface area contributed by atoms with Gasteiger partial charge in [0.15, 0.2) is 0 Å². The molecular weight excluding hydrogens is 438 g/mol. The van der Waals surface area contributed by atoms with Gasteiger partial charge in [-0.15, -0.1) is 0 Å². The summed E-state index contributed by atoms with van der Waals surface area (Å²) in [6.45, 7) is 0. The summed E-state index contributed by atoms with van der Waals surface area (Å²) < 4.78 is 18.4. The molecule has 0 saturated heterocycles. The second-order valence-corrected chi connectivity index (χ2v) is 10.5. The second-order valence-electron chi connectivity index (χ2n) is 10.5. The lowest BCUT2D eigenvalue weighted by Gasteiger charge is -2.42. The SMILES string of the molecule is COc1ccc(OC)c2c1[C@@H](c1cccc(NC(=O)CCC3CCCCC3)c1)O[C@@H]1CCCC[C@@H]21. The maximum Gasteiger partial charge on any atom is 0.224 e. The zero-order chi connectivity index (χ0) is 24.2. The van der Waals surface area contributed by atoms with Gasteiger partial charge in [-0.1, -0.05) is 57.1 Å². The van der Waals surface area contributed by atoms with Crippen molar-refractivity contribution in [2.45, 2.75) is 88.8 Å². The Kier molecular flexibility index (Phi) is 7.62. The lowest BCUT2D eigenvalue weighted by atomic mass is 9.75.